The summed E-state index contributed by atoms with van der Waals surface area (Å²) < 4.78 is 5.18. The van der Waals surface area contributed by atoms with Gasteiger partial charge in [0.2, 0.25) is 5.91 Å². The van der Waals surface area contributed by atoms with E-state index in [9.17, 15) is 9.59 Å². The van der Waals surface area contributed by atoms with Gasteiger partial charge in [0.25, 0.3) is 0 Å². The Bertz CT molecular complexity index is 520. The summed E-state index contributed by atoms with van der Waals surface area (Å²) in [5.74, 6) is -1.78. The molecule has 1 N–H and O–H groups in total. The number of amides is 1. The zero-order chi connectivity index (χ0) is 14.7. The van der Waals surface area contributed by atoms with Gasteiger partial charge in [-0.1, -0.05) is 29.8 Å². The van der Waals surface area contributed by atoms with Crippen LogP contribution in [0.3, 0.4) is 0 Å². The molecule has 0 saturated carbocycles. The van der Waals surface area contributed by atoms with Crippen molar-refractivity contribution >= 4 is 23.5 Å². The highest BCUT2D eigenvalue weighted by Gasteiger charge is 2.38. The quantitative estimate of drug-likeness (QED) is 0.913. The molecule has 1 amide bonds. The Morgan fingerprint density at radius 2 is 2.10 bits per heavy atom. The molecule has 1 aromatic rings. The number of hydrogen-bond donors (Lipinski definition) is 1. The molecule has 1 saturated heterocycles. The number of benzene rings is 1. The Balaban J connectivity index is 2.05. The Kier molecular flexibility index (Phi) is 4.62. The lowest BCUT2D eigenvalue weighted by atomic mass is 10.0. The summed E-state index contributed by atoms with van der Waals surface area (Å²) in [5, 5.41) is 9.64. The predicted molar refractivity (Wildman–Crippen MR) is 73.7 cm³/mol. The molecule has 1 heterocycles. The highest BCUT2D eigenvalue weighted by atomic mass is 35.5. The van der Waals surface area contributed by atoms with Crippen LogP contribution in [-0.4, -0.2) is 48.2 Å². The molecular formula is C14H16ClNO4. The van der Waals surface area contributed by atoms with Crippen LogP contribution >= 0.6 is 11.6 Å². The lowest BCUT2D eigenvalue weighted by Crippen LogP contribution is -2.44. The number of carbonyl (C=O) groups is 2. The van der Waals surface area contributed by atoms with E-state index in [1.54, 1.807) is 25.2 Å². The third-order valence-electron chi connectivity index (χ3n) is 3.56. The number of ether oxygens (including phenoxy) is 1. The van der Waals surface area contributed by atoms with E-state index < -0.39 is 17.9 Å². The second-order valence-corrected chi connectivity index (χ2v) is 5.23. The Hall–Kier alpha value is -1.59. The first-order valence-electron chi connectivity index (χ1n) is 6.30. The Morgan fingerprint density at radius 1 is 1.40 bits per heavy atom. The maximum absolute atomic E-state index is 12.2. The second-order valence-electron chi connectivity index (χ2n) is 4.82. The average molecular weight is 298 g/mol. The molecule has 6 heteroatoms. The third kappa shape index (κ3) is 3.11. The summed E-state index contributed by atoms with van der Waals surface area (Å²) in [7, 11) is 1.61. The molecule has 0 bridgehead atoms. The SMILES string of the molecule is CN(C(=O)Cc1ccccc1Cl)C1COCC1C(=O)O. The van der Waals surface area contributed by atoms with Gasteiger partial charge < -0.3 is 14.7 Å². The van der Waals surface area contributed by atoms with Gasteiger partial charge in [-0.15, -0.1) is 0 Å². The third-order valence-corrected chi connectivity index (χ3v) is 3.93. The van der Waals surface area contributed by atoms with E-state index >= 15 is 0 Å². The Morgan fingerprint density at radius 3 is 2.75 bits per heavy atom. The van der Waals surface area contributed by atoms with E-state index in [2.05, 4.69) is 0 Å². The number of carbonyl (C=O) groups excluding carboxylic acids is 1. The molecule has 0 aliphatic carbocycles. The number of rotatable bonds is 4. The normalized spacial score (nSPS) is 21.7. The number of nitrogens with zero attached hydrogens (tertiary/aromatic N) is 1. The summed E-state index contributed by atoms with van der Waals surface area (Å²) in [6.45, 7) is 0.394. The van der Waals surface area contributed by atoms with Crippen molar-refractivity contribution in [2.75, 3.05) is 20.3 Å². The molecule has 5 nitrogen and oxygen atoms in total. The van der Waals surface area contributed by atoms with E-state index in [0.29, 0.717) is 5.02 Å². The molecular weight excluding hydrogens is 282 g/mol. The minimum atomic E-state index is -0.940. The highest BCUT2D eigenvalue weighted by Crippen LogP contribution is 2.21. The van der Waals surface area contributed by atoms with Crippen LogP contribution in [0.25, 0.3) is 0 Å². The molecule has 1 aliphatic heterocycles. The van der Waals surface area contributed by atoms with E-state index in [1.807, 2.05) is 6.07 Å². The molecule has 1 aromatic carbocycles. The fourth-order valence-electron chi connectivity index (χ4n) is 2.27. The zero-order valence-corrected chi connectivity index (χ0v) is 11.8. The van der Waals surface area contributed by atoms with E-state index in [0.717, 1.165) is 5.56 Å². The van der Waals surface area contributed by atoms with Crippen LogP contribution in [0, 0.1) is 5.92 Å². The van der Waals surface area contributed by atoms with Crippen LogP contribution < -0.4 is 0 Å². The van der Waals surface area contributed by atoms with Crippen molar-refractivity contribution < 1.29 is 19.4 Å². The standard InChI is InChI=1S/C14H16ClNO4/c1-16(12-8-20-7-10(12)14(18)19)13(17)6-9-4-2-3-5-11(9)15/h2-5,10,12H,6-8H2,1H3,(H,18,19). The highest BCUT2D eigenvalue weighted by molar-refractivity contribution is 6.31. The first-order chi connectivity index (χ1) is 9.50. The van der Waals surface area contributed by atoms with Crippen molar-refractivity contribution in [1.29, 1.82) is 0 Å². The number of hydrogen-bond acceptors (Lipinski definition) is 3. The van der Waals surface area contributed by atoms with Crippen molar-refractivity contribution in [2.24, 2.45) is 5.92 Å². The van der Waals surface area contributed by atoms with E-state index in [-0.39, 0.29) is 25.5 Å². The van der Waals surface area contributed by atoms with Gasteiger partial charge in [0.05, 0.1) is 25.7 Å². The van der Waals surface area contributed by atoms with E-state index in [4.69, 9.17) is 21.4 Å². The van der Waals surface area contributed by atoms with Crippen molar-refractivity contribution in [3.63, 3.8) is 0 Å². The number of likely N-dealkylation sites (N-methyl/N-ethyl adjacent to an activating group) is 1. The fraction of sp³-hybridized carbons (Fsp3) is 0.429. The first-order valence-corrected chi connectivity index (χ1v) is 6.68. The summed E-state index contributed by atoms with van der Waals surface area (Å²) >= 11 is 6.02. The molecule has 0 radical (unpaired) electrons. The molecule has 1 aliphatic rings. The van der Waals surface area contributed by atoms with Gasteiger partial charge in [0.15, 0.2) is 0 Å². The van der Waals surface area contributed by atoms with Gasteiger partial charge in [-0.25, -0.2) is 0 Å². The van der Waals surface area contributed by atoms with Crippen molar-refractivity contribution in [3.05, 3.63) is 34.9 Å². The van der Waals surface area contributed by atoms with Gasteiger partial charge in [0, 0.05) is 12.1 Å². The van der Waals surface area contributed by atoms with E-state index in [1.165, 1.54) is 4.90 Å². The van der Waals surface area contributed by atoms with Crippen LogP contribution in [0.15, 0.2) is 24.3 Å². The maximum Gasteiger partial charge on any atom is 0.311 e. The van der Waals surface area contributed by atoms with Crippen LogP contribution in [0.2, 0.25) is 5.02 Å². The molecule has 2 rings (SSSR count). The lowest BCUT2D eigenvalue weighted by Gasteiger charge is -2.26. The van der Waals surface area contributed by atoms with Gasteiger partial charge in [0.1, 0.15) is 5.92 Å². The summed E-state index contributed by atoms with van der Waals surface area (Å²) in [6, 6.07) is 6.69. The number of aliphatic carboxylic acids is 1. The smallest absolute Gasteiger partial charge is 0.311 e. The first kappa shape index (κ1) is 14.8. The van der Waals surface area contributed by atoms with Crippen LogP contribution in [0.5, 0.6) is 0 Å². The van der Waals surface area contributed by atoms with Gasteiger partial charge in [-0.2, -0.15) is 0 Å². The predicted octanol–water partition coefficient (Wildman–Crippen LogP) is 1.44. The maximum atomic E-state index is 12.2. The summed E-state index contributed by atoms with van der Waals surface area (Å²) in [6.07, 6.45) is 0.152. The number of carboxylic acids is 1. The van der Waals surface area contributed by atoms with Crippen molar-refractivity contribution in [3.8, 4) is 0 Å². The van der Waals surface area contributed by atoms with Crippen molar-refractivity contribution in [2.45, 2.75) is 12.5 Å². The minimum absolute atomic E-state index is 0.143. The fourth-order valence-corrected chi connectivity index (χ4v) is 2.48. The van der Waals surface area contributed by atoms with Gasteiger partial charge >= 0.3 is 5.97 Å². The monoisotopic (exact) mass is 297 g/mol. The minimum Gasteiger partial charge on any atom is -0.481 e. The molecule has 108 valence electrons. The Labute approximate surface area is 122 Å². The average Bonchev–Trinajstić information content (AvgIpc) is 2.89. The summed E-state index contributed by atoms with van der Waals surface area (Å²) in [5.41, 5.74) is 0.733. The van der Waals surface area contributed by atoms with Crippen LogP contribution in [0.4, 0.5) is 0 Å². The molecule has 0 aromatic heterocycles. The number of carboxylic acid groups (broad SMARTS) is 1. The largest absolute Gasteiger partial charge is 0.481 e. The molecule has 1 fully saturated rings. The topological polar surface area (TPSA) is 66.8 Å². The summed E-state index contributed by atoms with van der Waals surface area (Å²) in [4.78, 5) is 24.8. The molecule has 2 atom stereocenters. The molecule has 0 spiro atoms. The van der Waals surface area contributed by atoms with Gasteiger partial charge in [-0.3, -0.25) is 9.59 Å². The lowest BCUT2D eigenvalue weighted by molar-refractivity contribution is -0.144. The number of halogens is 1. The van der Waals surface area contributed by atoms with Crippen LogP contribution in [0.1, 0.15) is 5.56 Å². The second kappa shape index (κ2) is 6.24. The van der Waals surface area contributed by atoms with Gasteiger partial charge in [-0.05, 0) is 11.6 Å². The van der Waals surface area contributed by atoms with Crippen molar-refractivity contribution in [1.82, 2.24) is 4.90 Å². The molecule has 2 unspecified atom stereocenters. The zero-order valence-electron chi connectivity index (χ0n) is 11.1. The molecule has 20 heavy (non-hydrogen) atoms. The van der Waals surface area contributed by atoms with Crippen LogP contribution in [-0.2, 0) is 20.7 Å².